The zero-order chi connectivity index (χ0) is 16.6. The van der Waals surface area contributed by atoms with Crippen molar-refractivity contribution in [3.05, 3.63) is 23.4 Å². The highest BCUT2D eigenvalue weighted by Crippen LogP contribution is 2.47. The van der Waals surface area contributed by atoms with Gasteiger partial charge in [0.2, 0.25) is 0 Å². The molecule has 1 fully saturated rings. The molecule has 2 aromatic heterocycles. The van der Waals surface area contributed by atoms with Gasteiger partial charge in [-0.3, -0.25) is 4.79 Å². The number of hydrogen-bond acceptors (Lipinski definition) is 7. The molecule has 0 spiro atoms. The van der Waals surface area contributed by atoms with Crippen LogP contribution in [0.2, 0.25) is 0 Å². The van der Waals surface area contributed by atoms with E-state index in [0.29, 0.717) is 23.4 Å². The SMILES string of the molecule is CCOC(=O)[C@H]1C[C@@H]1c1cc(-n2nc(C)nc2C)nc(SC)n1. The Balaban J connectivity index is 1.92. The number of carbonyl (C=O) groups excluding carboxylic acids is 1. The second-order valence-electron chi connectivity index (χ2n) is 5.46. The number of ether oxygens (including phenoxy) is 1. The maximum Gasteiger partial charge on any atom is 0.309 e. The molecule has 2 aromatic rings. The fraction of sp³-hybridized carbons (Fsp3) is 0.533. The molecule has 2 heterocycles. The summed E-state index contributed by atoms with van der Waals surface area (Å²) in [5, 5.41) is 5.04. The largest absolute Gasteiger partial charge is 0.466 e. The molecule has 0 N–H and O–H groups in total. The minimum atomic E-state index is -0.142. The van der Waals surface area contributed by atoms with Gasteiger partial charge in [0.05, 0.1) is 18.2 Å². The minimum Gasteiger partial charge on any atom is -0.466 e. The predicted molar refractivity (Wildman–Crippen MR) is 85.7 cm³/mol. The van der Waals surface area contributed by atoms with Crippen molar-refractivity contribution in [1.29, 1.82) is 0 Å². The van der Waals surface area contributed by atoms with Crippen molar-refractivity contribution >= 4 is 17.7 Å². The van der Waals surface area contributed by atoms with Gasteiger partial charge in [-0.05, 0) is 33.4 Å². The molecule has 0 amide bonds. The first kappa shape index (κ1) is 15.9. The Kier molecular flexibility index (Phi) is 4.34. The van der Waals surface area contributed by atoms with Crippen LogP contribution in [0.5, 0.6) is 0 Å². The summed E-state index contributed by atoms with van der Waals surface area (Å²) in [4.78, 5) is 25.2. The minimum absolute atomic E-state index is 0.0917. The average Bonchev–Trinajstić information content (AvgIpc) is 3.26. The summed E-state index contributed by atoms with van der Waals surface area (Å²) in [7, 11) is 0. The van der Waals surface area contributed by atoms with E-state index in [1.807, 2.05) is 33.1 Å². The molecule has 0 aromatic carbocycles. The Labute approximate surface area is 138 Å². The van der Waals surface area contributed by atoms with Gasteiger partial charge in [0.15, 0.2) is 11.0 Å². The standard InChI is InChI=1S/C15H19N5O2S/c1-5-22-14(21)11-6-10(11)12-7-13(18-15(17-12)23-4)20-9(3)16-8(2)19-20/h7,10-11H,5-6H2,1-4H3/t10-,11-/m0/s1. The maximum absolute atomic E-state index is 11.9. The van der Waals surface area contributed by atoms with Crippen molar-refractivity contribution in [3.8, 4) is 5.82 Å². The Morgan fingerprint density at radius 1 is 1.39 bits per heavy atom. The number of aromatic nitrogens is 5. The van der Waals surface area contributed by atoms with Gasteiger partial charge in [0.1, 0.15) is 11.6 Å². The topological polar surface area (TPSA) is 82.8 Å². The van der Waals surface area contributed by atoms with E-state index in [0.717, 1.165) is 17.9 Å². The van der Waals surface area contributed by atoms with Gasteiger partial charge in [0.25, 0.3) is 0 Å². The number of esters is 1. The summed E-state index contributed by atoms with van der Waals surface area (Å²) in [6, 6.07) is 1.89. The second-order valence-corrected chi connectivity index (χ2v) is 6.23. The molecule has 23 heavy (non-hydrogen) atoms. The first-order valence-electron chi connectivity index (χ1n) is 7.53. The van der Waals surface area contributed by atoms with Crippen molar-refractivity contribution in [2.45, 2.75) is 38.3 Å². The van der Waals surface area contributed by atoms with E-state index in [1.165, 1.54) is 11.8 Å². The molecule has 2 atom stereocenters. The molecule has 0 aliphatic heterocycles. The quantitative estimate of drug-likeness (QED) is 0.470. The van der Waals surface area contributed by atoms with Crippen LogP contribution in [0.3, 0.4) is 0 Å². The fourth-order valence-corrected chi connectivity index (χ4v) is 2.97. The molecule has 1 saturated carbocycles. The van der Waals surface area contributed by atoms with Crippen LogP contribution in [-0.4, -0.2) is 43.6 Å². The lowest BCUT2D eigenvalue weighted by Gasteiger charge is -2.07. The van der Waals surface area contributed by atoms with Gasteiger partial charge in [-0.1, -0.05) is 11.8 Å². The molecule has 122 valence electrons. The van der Waals surface area contributed by atoms with Crippen LogP contribution in [0, 0.1) is 19.8 Å². The van der Waals surface area contributed by atoms with Gasteiger partial charge in [-0.2, -0.15) is 4.68 Å². The van der Waals surface area contributed by atoms with Gasteiger partial charge in [-0.15, -0.1) is 5.10 Å². The highest BCUT2D eigenvalue weighted by Gasteiger charge is 2.46. The number of rotatable bonds is 5. The van der Waals surface area contributed by atoms with E-state index < -0.39 is 0 Å². The van der Waals surface area contributed by atoms with Crippen LogP contribution in [0.1, 0.15) is 36.6 Å². The Hall–Kier alpha value is -1.96. The molecule has 0 saturated heterocycles. The van der Waals surface area contributed by atoms with Gasteiger partial charge < -0.3 is 4.74 Å². The summed E-state index contributed by atoms with van der Waals surface area (Å²) in [6.45, 7) is 5.96. The van der Waals surface area contributed by atoms with E-state index >= 15 is 0 Å². The normalized spacial score (nSPS) is 19.7. The molecule has 3 rings (SSSR count). The summed E-state index contributed by atoms with van der Waals surface area (Å²) in [6.07, 6.45) is 2.70. The molecule has 8 heteroatoms. The molecule has 1 aliphatic rings. The number of carbonyl (C=O) groups is 1. The number of aryl methyl sites for hydroxylation is 2. The predicted octanol–water partition coefficient (Wildman–Crippen LogP) is 2.06. The Bertz CT molecular complexity index is 745. The summed E-state index contributed by atoms with van der Waals surface area (Å²) in [5.74, 6) is 2.03. The first-order valence-corrected chi connectivity index (χ1v) is 8.76. The van der Waals surface area contributed by atoms with Gasteiger partial charge in [-0.25, -0.2) is 15.0 Å². The lowest BCUT2D eigenvalue weighted by Crippen LogP contribution is -2.09. The maximum atomic E-state index is 11.9. The monoisotopic (exact) mass is 333 g/mol. The third-order valence-electron chi connectivity index (χ3n) is 3.75. The van der Waals surface area contributed by atoms with Crippen LogP contribution >= 0.6 is 11.8 Å². The van der Waals surface area contributed by atoms with Crippen molar-refractivity contribution in [3.63, 3.8) is 0 Å². The average molecular weight is 333 g/mol. The van der Waals surface area contributed by atoms with E-state index in [2.05, 4.69) is 20.1 Å². The zero-order valence-electron chi connectivity index (χ0n) is 13.6. The smallest absolute Gasteiger partial charge is 0.309 e. The van der Waals surface area contributed by atoms with Crippen LogP contribution < -0.4 is 0 Å². The molecular weight excluding hydrogens is 314 g/mol. The van der Waals surface area contributed by atoms with Gasteiger partial charge >= 0.3 is 5.97 Å². The van der Waals surface area contributed by atoms with Crippen molar-refractivity contribution in [2.75, 3.05) is 12.9 Å². The van der Waals surface area contributed by atoms with Crippen molar-refractivity contribution in [1.82, 2.24) is 24.7 Å². The molecule has 0 unspecified atom stereocenters. The van der Waals surface area contributed by atoms with Crippen molar-refractivity contribution in [2.24, 2.45) is 5.92 Å². The molecule has 0 bridgehead atoms. The Morgan fingerprint density at radius 2 is 2.17 bits per heavy atom. The van der Waals surface area contributed by atoms with E-state index in [1.54, 1.807) is 4.68 Å². The van der Waals surface area contributed by atoms with E-state index in [9.17, 15) is 4.79 Å². The molecule has 0 radical (unpaired) electrons. The molecule has 7 nitrogen and oxygen atoms in total. The van der Waals surface area contributed by atoms with E-state index in [4.69, 9.17) is 4.74 Å². The summed E-state index contributed by atoms with van der Waals surface area (Å²) >= 11 is 1.47. The van der Waals surface area contributed by atoms with E-state index in [-0.39, 0.29) is 17.8 Å². The molecule has 1 aliphatic carbocycles. The summed E-state index contributed by atoms with van der Waals surface area (Å²) in [5.41, 5.74) is 0.866. The molecular formula is C15H19N5O2S. The lowest BCUT2D eigenvalue weighted by molar-refractivity contribution is -0.144. The third-order valence-corrected chi connectivity index (χ3v) is 4.29. The highest BCUT2D eigenvalue weighted by molar-refractivity contribution is 7.98. The highest BCUT2D eigenvalue weighted by atomic mass is 32.2. The van der Waals surface area contributed by atoms with Crippen LogP contribution in [-0.2, 0) is 9.53 Å². The van der Waals surface area contributed by atoms with Gasteiger partial charge in [0, 0.05) is 12.0 Å². The lowest BCUT2D eigenvalue weighted by atomic mass is 10.2. The fourth-order valence-electron chi connectivity index (χ4n) is 2.59. The van der Waals surface area contributed by atoms with Crippen molar-refractivity contribution < 1.29 is 9.53 Å². The van der Waals surface area contributed by atoms with Crippen LogP contribution in [0.25, 0.3) is 5.82 Å². The van der Waals surface area contributed by atoms with Crippen LogP contribution in [0.4, 0.5) is 0 Å². The summed E-state index contributed by atoms with van der Waals surface area (Å²) < 4.78 is 6.81. The zero-order valence-corrected chi connectivity index (χ0v) is 14.4. The first-order chi connectivity index (χ1) is 11.0. The second kappa shape index (κ2) is 6.27. The Morgan fingerprint density at radius 3 is 2.78 bits per heavy atom. The number of hydrogen-bond donors (Lipinski definition) is 0. The number of thioether (sulfide) groups is 1. The number of nitrogens with zero attached hydrogens (tertiary/aromatic N) is 5. The van der Waals surface area contributed by atoms with Crippen LogP contribution in [0.15, 0.2) is 11.2 Å². The third kappa shape index (κ3) is 3.21.